The van der Waals surface area contributed by atoms with Gasteiger partial charge in [0.1, 0.15) is 5.75 Å². The third-order valence-corrected chi connectivity index (χ3v) is 2.53. The van der Waals surface area contributed by atoms with Crippen LogP contribution in [0.15, 0.2) is 24.3 Å². The Morgan fingerprint density at radius 2 is 1.88 bits per heavy atom. The zero-order chi connectivity index (χ0) is 12.0. The van der Waals surface area contributed by atoms with E-state index in [9.17, 15) is 5.11 Å². The summed E-state index contributed by atoms with van der Waals surface area (Å²) in [5.41, 5.74) is 0.914. The molecule has 0 fully saturated rings. The van der Waals surface area contributed by atoms with Gasteiger partial charge in [-0.15, -0.1) is 0 Å². The van der Waals surface area contributed by atoms with Gasteiger partial charge in [0, 0.05) is 6.04 Å². The number of aliphatic hydroxyl groups excluding tert-OH is 1. The summed E-state index contributed by atoms with van der Waals surface area (Å²) in [5, 5.41) is 13.2. The minimum absolute atomic E-state index is 0.0583. The molecule has 0 aliphatic rings. The molecule has 0 aliphatic carbocycles. The van der Waals surface area contributed by atoms with Crippen LogP contribution in [0, 0.1) is 0 Å². The lowest BCUT2D eigenvalue weighted by Gasteiger charge is -2.20. The van der Waals surface area contributed by atoms with Crippen molar-refractivity contribution in [3.8, 4) is 5.75 Å². The molecule has 16 heavy (non-hydrogen) atoms. The molecule has 2 unspecified atom stereocenters. The van der Waals surface area contributed by atoms with E-state index in [-0.39, 0.29) is 6.04 Å². The van der Waals surface area contributed by atoms with Gasteiger partial charge in [0.25, 0.3) is 0 Å². The normalized spacial score (nSPS) is 14.5. The van der Waals surface area contributed by atoms with E-state index in [1.165, 1.54) is 0 Å². The van der Waals surface area contributed by atoms with Crippen LogP contribution < -0.4 is 10.1 Å². The second kappa shape index (κ2) is 6.51. The van der Waals surface area contributed by atoms with Crippen molar-refractivity contribution in [2.24, 2.45) is 0 Å². The molecule has 0 saturated heterocycles. The van der Waals surface area contributed by atoms with Crippen LogP contribution in [0.2, 0.25) is 0 Å². The van der Waals surface area contributed by atoms with E-state index in [0.29, 0.717) is 6.61 Å². The largest absolute Gasteiger partial charge is 0.494 e. The molecule has 0 radical (unpaired) electrons. The van der Waals surface area contributed by atoms with Gasteiger partial charge in [-0.05, 0) is 38.1 Å². The highest BCUT2D eigenvalue weighted by Gasteiger charge is 2.14. The zero-order valence-electron chi connectivity index (χ0n) is 10.2. The molecule has 0 aromatic heterocycles. The Kier molecular flexibility index (Phi) is 5.29. The molecular formula is C13H21NO2. The van der Waals surface area contributed by atoms with Crippen LogP contribution >= 0.6 is 0 Å². The molecule has 0 bridgehead atoms. The maximum atomic E-state index is 10.0. The highest BCUT2D eigenvalue weighted by Crippen LogP contribution is 2.20. The van der Waals surface area contributed by atoms with Gasteiger partial charge < -0.3 is 15.2 Å². The number of ether oxygens (including phenoxy) is 1. The fourth-order valence-corrected chi connectivity index (χ4v) is 1.65. The number of hydrogen-bond donors (Lipinski definition) is 2. The second-order valence-corrected chi connectivity index (χ2v) is 3.79. The highest BCUT2D eigenvalue weighted by molar-refractivity contribution is 5.29. The minimum Gasteiger partial charge on any atom is -0.494 e. The van der Waals surface area contributed by atoms with Crippen LogP contribution in [0.4, 0.5) is 0 Å². The molecule has 1 aromatic rings. The number of rotatable bonds is 6. The lowest BCUT2D eigenvalue weighted by atomic mass is 10.0. The first-order valence-electron chi connectivity index (χ1n) is 5.83. The van der Waals surface area contributed by atoms with Gasteiger partial charge in [0.15, 0.2) is 0 Å². The van der Waals surface area contributed by atoms with Crippen molar-refractivity contribution in [2.75, 3.05) is 13.2 Å². The summed E-state index contributed by atoms with van der Waals surface area (Å²) in [6.45, 7) is 7.48. The van der Waals surface area contributed by atoms with Crippen LogP contribution in [0.1, 0.15) is 32.4 Å². The molecule has 0 spiro atoms. The average Bonchev–Trinajstić information content (AvgIpc) is 2.30. The summed E-state index contributed by atoms with van der Waals surface area (Å²) in [5.74, 6) is 0.842. The van der Waals surface area contributed by atoms with Crippen molar-refractivity contribution in [3.63, 3.8) is 0 Å². The Balaban J connectivity index is 2.65. The first-order valence-corrected chi connectivity index (χ1v) is 5.83. The van der Waals surface area contributed by atoms with Gasteiger partial charge in [-0.2, -0.15) is 0 Å². The van der Waals surface area contributed by atoms with Crippen molar-refractivity contribution in [1.29, 1.82) is 0 Å². The Morgan fingerprint density at radius 1 is 1.25 bits per heavy atom. The van der Waals surface area contributed by atoms with Crippen LogP contribution in [-0.2, 0) is 0 Å². The quantitative estimate of drug-likeness (QED) is 0.776. The van der Waals surface area contributed by atoms with Crippen molar-refractivity contribution in [1.82, 2.24) is 5.32 Å². The monoisotopic (exact) mass is 223 g/mol. The molecular weight excluding hydrogens is 202 g/mol. The van der Waals surface area contributed by atoms with E-state index < -0.39 is 6.10 Å². The molecule has 0 aliphatic heterocycles. The summed E-state index contributed by atoms with van der Waals surface area (Å²) < 4.78 is 5.35. The van der Waals surface area contributed by atoms with Gasteiger partial charge >= 0.3 is 0 Å². The molecule has 1 aromatic carbocycles. The van der Waals surface area contributed by atoms with Crippen molar-refractivity contribution in [3.05, 3.63) is 29.8 Å². The molecule has 3 nitrogen and oxygen atoms in total. The molecule has 2 atom stereocenters. The van der Waals surface area contributed by atoms with E-state index in [1.54, 1.807) is 0 Å². The van der Waals surface area contributed by atoms with E-state index >= 15 is 0 Å². The smallest absolute Gasteiger partial charge is 0.119 e. The van der Waals surface area contributed by atoms with Gasteiger partial charge in [-0.25, -0.2) is 0 Å². The van der Waals surface area contributed by atoms with Gasteiger partial charge in [0.2, 0.25) is 0 Å². The first kappa shape index (κ1) is 13.0. The predicted molar refractivity (Wildman–Crippen MR) is 65.7 cm³/mol. The van der Waals surface area contributed by atoms with Crippen LogP contribution in [0.25, 0.3) is 0 Å². The second-order valence-electron chi connectivity index (χ2n) is 3.79. The lowest BCUT2D eigenvalue weighted by molar-refractivity contribution is 0.137. The van der Waals surface area contributed by atoms with Crippen LogP contribution in [0.3, 0.4) is 0 Å². The molecule has 0 amide bonds. The number of benzene rings is 1. The Labute approximate surface area is 97.4 Å². The topological polar surface area (TPSA) is 41.5 Å². The van der Waals surface area contributed by atoms with Crippen molar-refractivity contribution < 1.29 is 9.84 Å². The predicted octanol–water partition coefficient (Wildman–Crippen LogP) is 2.12. The standard InChI is InChI=1S/C13H21NO2/c1-4-14-10(3)13(15)11-6-8-12(9-7-11)16-5-2/h6-10,13-15H,4-5H2,1-3H3. The summed E-state index contributed by atoms with van der Waals surface area (Å²) in [6.07, 6.45) is -0.476. The Hall–Kier alpha value is -1.06. The van der Waals surface area contributed by atoms with Crippen LogP contribution in [-0.4, -0.2) is 24.3 Å². The van der Waals surface area contributed by atoms with Gasteiger partial charge in [-0.1, -0.05) is 19.1 Å². The summed E-state index contributed by atoms with van der Waals surface area (Å²) >= 11 is 0. The SMILES string of the molecule is CCNC(C)C(O)c1ccc(OCC)cc1. The lowest BCUT2D eigenvalue weighted by Crippen LogP contribution is -2.31. The molecule has 3 heteroatoms. The number of hydrogen-bond acceptors (Lipinski definition) is 3. The third-order valence-electron chi connectivity index (χ3n) is 2.53. The Bertz CT molecular complexity index is 297. The number of likely N-dealkylation sites (N-methyl/N-ethyl adjacent to an activating group) is 1. The summed E-state index contributed by atoms with van der Waals surface area (Å²) in [6, 6.07) is 7.65. The molecule has 1 rings (SSSR count). The van der Waals surface area contributed by atoms with Crippen molar-refractivity contribution >= 4 is 0 Å². The van der Waals surface area contributed by atoms with Gasteiger partial charge in [-0.3, -0.25) is 0 Å². The van der Waals surface area contributed by atoms with E-state index in [4.69, 9.17) is 4.74 Å². The van der Waals surface area contributed by atoms with E-state index in [0.717, 1.165) is 17.9 Å². The summed E-state index contributed by atoms with van der Waals surface area (Å²) in [4.78, 5) is 0. The maximum absolute atomic E-state index is 10.0. The molecule has 2 N–H and O–H groups in total. The fourth-order valence-electron chi connectivity index (χ4n) is 1.65. The summed E-state index contributed by atoms with van der Waals surface area (Å²) in [7, 11) is 0. The zero-order valence-corrected chi connectivity index (χ0v) is 10.2. The molecule has 0 saturated carbocycles. The fraction of sp³-hybridized carbons (Fsp3) is 0.538. The third kappa shape index (κ3) is 3.51. The Morgan fingerprint density at radius 3 is 2.38 bits per heavy atom. The first-order chi connectivity index (χ1) is 7.69. The molecule has 90 valence electrons. The molecule has 0 heterocycles. The maximum Gasteiger partial charge on any atom is 0.119 e. The van der Waals surface area contributed by atoms with Gasteiger partial charge in [0.05, 0.1) is 12.7 Å². The average molecular weight is 223 g/mol. The highest BCUT2D eigenvalue weighted by atomic mass is 16.5. The number of nitrogens with one attached hydrogen (secondary N) is 1. The van der Waals surface area contributed by atoms with E-state index in [2.05, 4.69) is 5.32 Å². The number of aliphatic hydroxyl groups is 1. The minimum atomic E-state index is -0.476. The van der Waals surface area contributed by atoms with Crippen molar-refractivity contribution in [2.45, 2.75) is 32.9 Å². The van der Waals surface area contributed by atoms with E-state index in [1.807, 2.05) is 45.0 Å². The van der Waals surface area contributed by atoms with Crippen LogP contribution in [0.5, 0.6) is 5.75 Å².